The maximum Gasteiger partial charge on any atom is 0.404 e. The number of amides is 1. The summed E-state index contributed by atoms with van der Waals surface area (Å²) in [5.74, 6) is 1.84. The lowest BCUT2D eigenvalue weighted by atomic mass is 9.93. The maximum absolute atomic E-state index is 10.9. The van der Waals surface area contributed by atoms with E-state index in [0.717, 1.165) is 25.7 Å². The topological polar surface area (TPSA) is 120 Å². The van der Waals surface area contributed by atoms with Gasteiger partial charge in [0.05, 0.1) is 11.9 Å². The van der Waals surface area contributed by atoms with E-state index in [9.17, 15) is 4.79 Å². The standard InChI is InChI=1S/C19H27N7O2/c20-18(27)28-15-7-5-14(6-8-15)23-19-21-11-10-17(24-19)25-26-16(9-12-22-26)13-3-1-2-4-13/h9-15H,1-8H2,(H2,20,27)(H2,21,23,24,25). The van der Waals surface area contributed by atoms with Crippen molar-refractivity contribution in [2.75, 3.05) is 10.7 Å². The number of nitrogens with zero attached hydrogens (tertiary/aromatic N) is 4. The molecule has 0 bridgehead atoms. The van der Waals surface area contributed by atoms with Crippen LogP contribution in [0.1, 0.15) is 63.0 Å². The van der Waals surface area contributed by atoms with Gasteiger partial charge in [0.25, 0.3) is 0 Å². The molecule has 0 unspecified atom stereocenters. The quantitative estimate of drug-likeness (QED) is 0.699. The first-order chi connectivity index (χ1) is 13.7. The Hall–Kier alpha value is -2.84. The zero-order chi connectivity index (χ0) is 19.3. The molecule has 0 radical (unpaired) electrons. The second-order valence-electron chi connectivity index (χ2n) is 7.58. The zero-order valence-electron chi connectivity index (χ0n) is 15.9. The van der Waals surface area contributed by atoms with E-state index < -0.39 is 6.09 Å². The van der Waals surface area contributed by atoms with E-state index in [1.165, 1.54) is 31.4 Å². The van der Waals surface area contributed by atoms with Gasteiger partial charge in [0.2, 0.25) is 5.95 Å². The zero-order valence-corrected chi connectivity index (χ0v) is 15.9. The highest BCUT2D eigenvalue weighted by molar-refractivity contribution is 5.64. The summed E-state index contributed by atoms with van der Waals surface area (Å²) < 4.78 is 5.08. The Bertz CT molecular complexity index is 795. The van der Waals surface area contributed by atoms with Crippen molar-refractivity contribution in [2.24, 2.45) is 5.73 Å². The Morgan fingerprint density at radius 2 is 1.89 bits per heavy atom. The highest BCUT2D eigenvalue weighted by Crippen LogP contribution is 2.33. The number of anilines is 2. The van der Waals surface area contributed by atoms with E-state index in [1.54, 1.807) is 6.20 Å². The van der Waals surface area contributed by atoms with E-state index in [4.69, 9.17) is 10.5 Å². The molecule has 2 heterocycles. The molecule has 2 fully saturated rings. The number of nitrogens with two attached hydrogens (primary N) is 1. The van der Waals surface area contributed by atoms with Crippen LogP contribution in [0.15, 0.2) is 24.5 Å². The van der Waals surface area contributed by atoms with Crippen molar-refractivity contribution in [1.29, 1.82) is 0 Å². The van der Waals surface area contributed by atoms with Crippen LogP contribution in [0.5, 0.6) is 0 Å². The molecule has 0 saturated heterocycles. The molecule has 0 atom stereocenters. The minimum Gasteiger partial charge on any atom is -0.446 e. The molecular weight excluding hydrogens is 358 g/mol. The van der Waals surface area contributed by atoms with Crippen molar-refractivity contribution in [1.82, 2.24) is 19.9 Å². The van der Waals surface area contributed by atoms with Gasteiger partial charge in [0.1, 0.15) is 6.10 Å². The summed E-state index contributed by atoms with van der Waals surface area (Å²) in [5, 5.41) is 7.79. The van der Waals surface area contributed by atoms with Gasteiger partial charge in [-0.3, -0.25) is 5.43 Å². The molecule has 0 spiro atoms. The number of hydrogen-bond donors (Lipinski definition) is 3. The molecule has 28 heavy (non-hydrogen) atoms. The molecule has 4 rings (SSSR count). The molecule has 2 aromatic heterocycles. The fourth-order valence-electron chi connectivity index (χ4n) is 4.21. The summed E-state index contributed by atoms with van der Waals surface area (Å²) in [6, 6.07) is 4.17. The summed E-state index contributed by atoms with van der Waals surface area (Å²) in [5.41, 5.74) is 9.58. The van der Waals surface area contributed by atoms with E-state index >= 15 is 0 Å². The molecule has 2 saturated carbocycles. The molecule has 9 nitrogen and oxygen atoms in total. The Morgan fingerprint density at radius 3 is 2.64 bits per heavy atom. The third kappa shape index (κ3) is 4.52. The third-order valence-electron chi connectivity index (χ3n) is 5.61. The molecule has 2 aliphatic carbocycles. The average molecular weight is 385 g/mol. The number of hydrogen-bond acceptors (Lipinski definition) is 7. The normalized spacial score (nSPS) is 22.7. The fraction of sp³-hybridized carbons (Fsp3) is 0.579. The van der Waals surface area contributed by atoms with Gasteiger partial charge < -0.3 is 15.8 Å². The van der Waals surface area contributed by atoms with Crippen LogP contribution in [-0.2, 0) is 4.74 Å². The highest BCUT2D eigenvalue weighted by atomic mass is 16.6. The molecule has 9 heteroatoms. The number of primary amides is 1. The van der Waals surface area contributed by atoms with Crippen LogP contribution >= 0.6 is 0 Å². The number of nitrogens with one attached hydrogen (secondary N) is 2. The molecule has 0 aliphatic heterocycles. The van der Waals surface area contributed by atoms with Crippen molar-refractivity contribution in [3.63, 3.8) is 0 Å². The van der Waals surface area contributed by atoms with Crippen LogP contribution in [-0.4, -0.2) is 38.1 Å². The largest absolute Gasteiger partial charge is 0.446 e. The second-order valence-corrected chi connectivity index (χ2v) is 7.58. The average Bonchev–Trinajstić information content (AvgIpc) is 3.35. The van der Waals surface area contributed by atoms with Gasteiger partial charge in [-0.05, 0) is 44.6 Å². The van der Waals surface area contributed by atoms with E-state index in [-0.39, 0.29) is 12.1 Å². The van der Waals surface area contributed by atoms with Gasteiger partial charge in [-0.25, -0.2) is 9.78 Å². The van der Waals surface area contributed by atoms with E-state index in [0.29, 0.717) is 17.7 Å². The van der Waals surface area contributed by atoms with E-state index in [1.807, 2.05) is 17.1 Å². The molecule has 2 aromatic rings. The van der Waals surface area contributed by atoms with E-state index in [2.05, 4.69) is 31.9 Å². The summed E-state index contributed by atoms with van der Waals surface area (Å²) in [6.45, 7) is 0. The van der Waals surface area contributed by atoms with Gasteiger partial charge in [0, 0.05) is 24.2 Å². The number of aromatic nitrogens is 4. The number of ether oxygens (including phenoxy) is 1. The molecule has 2 aliphatic rings. The lowest BCUT2D eigenvalue weighted by Crippen LogP contribution is -2.32. The highest BCUT2D eigenvalue weighted by Gasteiger charge is 2.24. The predicted octanol–water partition coefficient (Wildman–Crippen LogP) is 3.02. The minimum absolute atomic E-state index is 0.0849. The molecule has 0 aromatic carbocycles. The monoisotopic (exact) mass is 385 g/mol. The van der Waals surface area contributed by atoms with Crippen molar-refractivity contribution >= 4 is 17.9 Å². The van der Waals surface area contributed by atoms with Gasteiger partial charge in [-0.1, -0.05) is 12.8 Å². The number of carbonyl (C=O) groups excluding carboxylic acids is 1. The first-order valence-electron chi connectivity index (χ1n) is 10.0. The van der Waals surface area contributed by atoms with Crippen LogP contribution in [0.2, 0.25) is 0 Å². The van der Waals surface area contributed by atoms with Crippen molar-refractivity contribution in [3.8, 4) is 0 Å². The Morgan fingerprint density at radius 1 is 1.11 bits per heavy atom. The van der Waals surface area contributed by atoms with Gasteiger partial charge in [-0.2, -0.15) is 14.9 Å². The third-order valence-corrected chi connectivity index (χ3v) is 5.61. The second kappa shape index (κ2) is 8.45. The maximum atomic E-state index is 10.9. The fourth-order valence-corrected chi connectivity index (χ4v) is 4.21. The number of rotatable bonds is 6. The van der Waals surface area contributed by atoms with Crippen molar-refractivity contribution in [2.45, 2.75) is 69.4 Å². The molecule has 4 N–H and O–H groups in total. The van der Waals surface area contributed by atoms with Crippen LogP contribution in [0, 0.1) is 0 Å². The molecular formula is C19H27N7O2. The predicted molar refractivity (Wildman–Crippen MR) is 105 cm³/mol. The number of carbonyl (C=O) groups is 1. The first-order valence-corrected chi connectivity index (χ1v) is 10.0. The lowest BCUT2D eigenvalue weighted by molar-refractivity contribution is 0.0805. The summed E-state index contributed by atoms with van der Waals surface area (Å²) >= 11 is 0. The molecule has 150 valence electrons. The van der Waals surface area contributed by atoms with Gasteiger partial charge in [-0.15, -0.1) is 0 Å². The minimum atomic E-state index is -0.700. The van der Waals surface area contributed by atoms with Gasteiger partial charge >= 0.3 is 6.09 Å². The van der Waals surface area contributed by atoms with Crippen LogP contribution < -0.4 is 16.5 Å². The Kier molecular flexibility index (Phi) is 5.59. The van der Waals surface area contributed by atoms with Gasteiger partial charge in [0.15, 0.2) is 5.82 Å². The SMILES string of the molecule is NC(=O)OC1CCC(Nc2nccc(Nn3nccc3C3CCCC3)n2)CC1. The summed E-state index contributed by atoms with van der Waals surface area (Å²) in [4.78, 5) is 21.6. The Balaban J connectivity index is 1.35. The Labute approximate surface area is 164 Å². The van der Waals surface area contributed by atoms with Crippen molar-refractivity contribution < 1.29 is 9.53 Å². The summed E-state index contributed by atoms with van der Waals surface area (Å²) in [6.07, 6.45) is 11.1. The van der Waals surface area contributed by atoms with Crippen molar-refractivity contribution in [3.05, 3.63) is 30.2 Å². The molecule has 1 amide bonds. The van der Waals surface area contributed by atoms with Crippen LogP contribution in [0.4, 0.5) is 16.6 Å². The first kappa shape index (κ1) is 18.5. The lowest BCUT2D eigenvalue weighted by Gasteiger charge is -2.28. The van der Waals surface area contributed by atoms with Crippen LogP contribution in [0.3, 0.4) is 0 Å². The smallest absolute Gasteiger partial charge is 0.404 e. The summed E-state index contributed by atoms with van der Waals surface area (Å²) in [7, 11) is 0. The van der Waals surface area contributed by atoms with Crippen LogP contribution in [0.25, 0.3) is 0 Å².